The van der Waals surface area contributed by atoms with Crippen LogP contribution in [0.3, 0.4) is 0 Å². The van der Waals surface area contributed by atoms with E-state index >= 15 is 0 Å². The molecule has 0 aromatic heterocycles. The summed E-state index contributed by atoms with van der Waals surface area (Å²) >= 11 is 0. The van der Waals surface area contributed by atoms with Crippen molar-refractivity contribution in [2.75, 3.05) is 26.5 Å². The lowest BCUT2D eigenvalue weighted by molar-refractivity contribution is -0.147. The Bertz CT molecular complexity index is 664. The molecule has 0 unspecified atom stereocenters. The summed E-state index contributed by atoms with van der Waals surface area (Å²) in [5.74, 6) is 1.50. The normalized spacial score (nSPS) is 11.3. The number of amides is 2. The maximum atomic E-state index is 11.9. The zero-order chi connectivity index (χ0) is 16.7. The molecule has 2 rings (SSSR count). The first kappa shape index (κ1) is 16.2. The molecule has 120 valence electrons. The van der Waals surface area contributed by atoms with Crippen LogP contribution in [0.2, 0.25) is 0 Å². The Morgan fingerprint density at radius 1 is 1.22 bits per heavy atom. The lowest BCUT2D eigenvalue weighted by Gasteiger charge is -2.07. The Morgan fingerprint density at radius 2 is 2.00 bits per heavy atom. The Hall–Kier alpha value is -3.21. The summed E-state index contributed by atoms with van der Waals surface area (Å²) < 4.78 is 15.0. The molecule has 8 nitrogen and oxygen atoms in total. The summed E-state index contributed by atoms with van der Waals surface area (Å²) in [6.07, 6.45) is 4.97. The van der Waals surface area contributed by atoms with Crippen LogP contribution in [0.4, 0.5) is 0 Å². The summed E-state index contributed by atoms with van der Waals surface area (Å²) in [5, 5.41) is 4.72. The zero-order valence-electron chi connectivity index (χ0n) is 12.1. The third-order valence-corrected chi connectivity index (χ3v) is 2.78. The van der Waals surface area contributed by atoms with Crippen LogP contribution in [-0.2, 0) is 14.3 Å². The molecule has 1 aromatic rings. The van der Waals surface area contributed by atoms with Crippen molar-refractivity contribution in [3.8, 4) is 23.8 Å². The highest BCUT2D eigenvalue weighted by atomic mass is 16.7. The second-order valence-corrected chi connectivity index (χ2v) is 4.39. The van der Waals surface area contributed by atoms with Crippen molar-refractivity contribution in [1.29, 1.82) is 0 Å². The quantitative estimate of drug-likeness (QED) is 0.538. The number of hydrogen-bond donors (Lipinski definition) is 2. The van der Waals surface area contributed by atoms with Gasteiger partial charge >= 0.3 is 5.97 Å². The van der Waals surface area contributed by atoms with Gasteiger partial charge in [0.05, 0.1) is 6.54 Å². The molecule has 2 N–H and O–H groups in total. The molecule has 0 radical (unpaired) electrons. The number of benzene rings is 1. The second-order valence-electron chi connectivity index (χ2n) is 4.39. The summed E-state index contributed by atoms with van der Waals surface area (Å²) in [7, 11) is 0. The van der Waals surface area contributed by atoms with Gasteiger partial charge in [0.2, 0.25) is 6.79 Å². The lowest BCUT2D eigenvalue weighted by atomic mass is 10.2. The van der Waals surface area contributed by atoms with Gasteiger partial charge in [0.25, 0.3) is 11.8 Å². The fraction of sp³-hybridized carbons (Fsp3) is 0.267. The van der Waals surface area contributed by atoms with Crippen LogP contribution in [0.25, 0.3) is 0 Å². The average molecular weight is 318 g/mol. The molecule has 0 saturated heterocycles. The first-order valence-corrected chi connectivity index (χ1v) is 6.64. The Morgan fingerprint density at radius 3 is 2.78 bits per heavy atom. The number of carbonyl (C=O) groups excluding carboxylic acids is 3. The molecule has 23 heavy (non-hydrogen) atoms. The molecule has 0 saturated carbocycles. The van der Waals surface area contributed by atoms with Gasteiger partial charge in [0, 0.05) is 5.56 Å². The minimum atomic E-state index is -0.741. The largest absolute Gasteiger partial charge is 0.454 e. The molecule has 0 aliphatic carbocycles. The molecule has 0 bridgehead atoms. The maximum Gasteiger partial charge on any atom is 0.325 e. The summed E-state index contributed by atoms with van der Waals surface area (Å²) in [4.78, 5) is 34.5. The molecule has 1 heterocycles. The van der Waals surface area contributed by atoms with Crippen LogP contribution < -0.4 is 20.1 Å². The highest BCUT2D eigenvalue weighted by Crippen LogP contribution is 2.32. The van der Waals surface area contributed by atoms with E-state index in [0.717, 1.165) is 0 Å². The maximum absolute atomic E-state index is 11.9. The van der Waals surface area contributed by atoms with Crippen LogP contribution in [0.5, 0.6) is 11.5 Å². The second kappa shape index (κ2) is 7.70. The van der Waals surface area contributed by atoms with Gasteiger partial charge in [-0.2, -0.15) is 0 Å². The van der Waals surface area contributed by atoms with Crippen LogP contribution in [0.15, 0.2) is 18.2 Å². The van der Waals surface area contributed by atoms with E-state index in [2.05, 4.69) is 21.3 Å². The summed E-state index contributed by atoms with van der Waals surface area (Å²) in [5.41, 5.74) is 0.314. The van der Waals surface area contributed by atoms with Crippen molar-refractivity contribution in [3.05, 3.63) is 23.8 Å². The minimum Gasteiger partial charge on any atom is -0.454 e. The third kappa shape index (κ3) is 4.64. The van der Waals surface area contributed by atoms with Crippen LogP contribution in [-0.4, -0.2) is 44.3 Å². The van der Waals surface area contributed by atoms with Crippen molar-refractivity contribution >= 4 is 17.8 Å². The smallest absolute Gasteiger partial charge is 0.325 e. The van der Waals surface area contributed by atoms with E-state index in [4.69, 9.17) is 15.9 Å². The monoisotopic (exact) mass is 318 g/mol. The van der Waals surface area contributed by atoms with Gasteiger partial charge in [0.15, 0.2) is 18.1 Å². The number of terminal acetylenes is 1. The van der Waals surface area contributed by atoms with Gasteiger partial charge in [0.1, 0.15) is 6.54 Å². The van der Waals surface area contributed by atoms with Gasteiger partial charge in [-0.25, -0.2) is 0 Å². The van der Waals surface area contributed by atoms with E-state index in [1.54, 1.807) is 12.1 Å². The van der Waals surface area contributed by atoms with Gasteiger partial charge < -0.3 is 24.8 Å². The molecule has 0 fully saturated rings. The van der Waals surface area contributed by atoms with Crippen molar-refractivity contribution in [2.45, 2.75) is 0 Å². The molecule has 8 heteroatoms. The number of rotatable bonds is 6. The SMILES string of the molecule is C#CCNC(=O)COC(=O)CNC(=O)c1ccc2c(c1)OCO2. The molecule has 1 aromatic carbocycles. The number of esters is 1. The van der Waals surface area contributed by atoms with Crippen LogP contribution in [0.1, 0.15) is 10.4 Å². The number of fused-ring (bicyclic) bond motifs is 1. The van der Waals surface area contributed by atoms with Crippen molar-refractivity contribution < 1.29 is 28.6 Å². The third-order valence-electron chi connectivity index (χ3n) is 2.78. The number of hydrogen-bond acceptors (Lipinski definition) is 6. The fourth-order valence-corrected chi connectivity index (χ4v) is 1.69. The Kier molecular flexibility index (Phi) is 5.41. The van der Waals surface area contributed by atoms with Gasteiger partial charge in [-0.05, 0) is 18.2 Å². The van der Waals surface area contributed by atoms with E-state index in [0.29, 0.717) is 17.1 Å². The predicted molar refractivity (Wildman–Crippen MR) is 77.7 cm³/mol. The summed E-state index contributed by atoms with van der Waals surface area (Å²) in [6, 6.07) is 4.66. The van der Waals surface area contributed by atoms with Gasteiger partial charge in [-0.1, -0.05) is 5.92 Å². The highest BCUT2D eigenvalue weighted by molar-refractivity contribution is 5.96. The topological polar surface area (TPSA) is 103 Å². The minimum absolute atomic E-state index is 0.0528. The first-order chi connectivity index (χ1) is 11.1. The fourth-order valence-electron chi connectivity index (χ4n) is 1.69. The molecular formula is C15H14N2O6. The standard InChI is InChI=1S/C15H14N2O6/c1-2-5-16-13(18)8-21-14(19)7-17-15(20)10-3-4-11-12(6-10)23-9-22-11/h1,3-4,6H,5,7-9H2,(H,16,18)(H,17,20). The predicted octanol–water partition coefficient (Wildman–Crippen LogP) is -0.562. The molecule has 2 amide bonds. The Labute approximate surface area is 132 Å². The number of nitrogens with one attached hydrogen (secondary N) is 2. The van der Waals surface area contributed by atoms with E-state index in [9.17, 15) is 14.4 Å². The molecule has 0 atom stereocenters. The molecule has 1 aliphatic heterocycles. The highest BCUT2D eigenvalue weighted by Gasteiger charge is 2.17. The van der Waals surface area contributed by atoms with E-state index in [-0.39, 0.29) is 19.9 Å². The average Bonchev–Trinajstić information content (AvgIpc) is 3.03. The van der Waals surface area contributed by atoms with Crippen molar-refractivity contribution in [3.63, 3.8) is 0 Å². The molecular weight excluding hydrogens is 304 g/mol. The van der Waals surface area contributed by atoms with Crippen LogP contribution in [0, 0.1) is 12.3 Å². The number of ether oxygens (including phenoxy) is 3. The van der Waals surface area contributed by atoms with Crippen molar-refractivity contribution in [2.24, 2.45) is 0 Å². The van der Waals surface area contributed by atoms with E-state index < -0.39 is 24.4 Å². The molecule has 0 spiro atoms. The zero-order valence-corrected chi connectivity index (χ0v) is 12.1. The van der Waals surface area contributed by atoms with Crippen molar-refractivity contribution in [1.82, 2.24) is 10.6 Å². The van der Waals surface area contributed by atoms with E-state index in [1.165, 1.54) is 6.07 Å². The van der Waals surface area contributed by atoms with Gasteiger partial charge in [-0.15, -0.1) is 6.42 Å². The van der Waals surface area contributed by atoms with Gasteiger partial charge in [-0.3, -0.25) is 14.4 Å². The Balaban J connectivity index is 1.75. The number of carbonyl (C=O) groups is 3. The first-order valence-electron chi connectivity index (χ1n) is 6.64. The lowest BCUT2D eigenvalue weighted by Crippen LogP contribution is -2.34. The summed E-state index contributed by atoms with van der Waals surface area (Å²) in [6.45, 7) is -0.665. The van der Waals surface area contributed by atoms with Crippen LogP contribution >= 0.6 is 0 Å². The van der Waals surface area contributed by atoms with E-state index in [1.807, 2.05) is 0 Å². The molecule has 1 aliphatic rings.